The Morgan fingerprint density at radius 1 is 1.10 bits per heavy atom. The number of carbonyl (C=O) groups is 1. The van der Waals surface area contributed by atoms with E-state index >= 15 is 0 Å². The van der Waals surface area contributed by atoms with Gasteiger partial charge < -0.3 is 9.47 Å². The van der Waals surface area contributed by atoms with Gasteiger partial charge in [0.05, 0.1) is 6.54 Å². The predicted molar refractivity (Wildman–Crippen MR) is 123 cm³/mol. The highest BCUT2D eigenvalue weighted by molar-refractivity contribution is 6.10. The van der Waals surface area contributed by atoms with Crippen LogP contribution in [0.15, 0.2) is 48.8 Å². The van der Waals surface area contributed by atoms with Gasteiger partial charge in [-0.25, -0.2) is 9.97 Å². The molecule has 0 radical (unpaired) electrons. The number of benzene rings is 1. The molecule has 0 bridgehead atoms. The number of carbonyl (C=O) groups excluding carboxylic acids is 1. The molecule has 0 N–H and O–H groups in total. The van der Waals surface area contributed by atoms with Gasteiger partial charge >= 0.3 is 0 Å². The normalized spacial score (nSPS) is 17.0. The summed E-state index contributed by atoms with van der Waals surface area (Å²) in [4.78, 5) is 26.8. The summed E-state index contributed by atoms with van der Waals surface area (Å²) in [5, 5.41) is 0. The van der Waals surface area contributed by atoms with E-state index < -0.39 is 0 Å². The Morgan fingerprint density at radius 3 is 2.68 bits per heavy atom. The van der Waals surface area contributed by atoms with Crippen molar-refractivity contribution in [2.24, 2.45) is 5.92 Å². The summed E-state index contributed by atoms with van der Waals surface area (Å²) in [5.41, 5.74) is 3.80. The highest BCUT2D eigenvalue weighted by Gasteiger charge is 2.30. The van der Waals surface area contributed by atoms with Gasteiger partial charge in [0.1, 0.15) is 11.5 Å². The monoisotopic (exact) mass is 415 g/mol. The quantitative estimate of drug-likeness (QED) is 0.607. The summed E-state index contributed by atoms with van der Waals surface area (Å²) in [7, 11) is 0. The number of rotatable bonds is 4. The molecule has 31 heavy (non-hydrogen) atoms. The van der Waals surface area contributed by atoms with Crippen LogP contribution in [0.4, 0.5) is 11.5 Å². The molecule has 1 aromatic carbocycles. The molecule has 0 spiro atoms. The van der Waals surface area contributed by atoms with Crippen LogP contribution in [-0.4, -0.2) is 33.5 Å². The summed E-state index contributed by atoms with van der Waals surface area (Å²) >= 11 is 0. The van der Waals surface area contributed by atoms with Crippen LogP contribution in [0.25, 0.3) is 11.5 Å². The average molecular weight is 416 g/mol. The molecule has 0 saturated carbocycles. The van der Waals surface area contributed by atoms with Gasteiger partial charge in [-0.15, -0.1) is 0 Å². The minimum atomic E-state index is 0.0269. The van der Waals surface area contributed by atoms with Gasteiger partial charge in [-0.1, -0.05) is 19.1 Å². The number of fused-ring (bicyclic) bond motifs is 1. The van der Waals surface area contributed by atoms with Crippen LogP contribution in [-0.2, 0) is 6.54 Å². The van der Waals surface area contributed by atoms with Crippen LogP contribution < -0.4 is 9.80 Å². The average Bonchev–Trinajstić information content (AvgIpc) is 3.40. The van der Waals surface area contributed by atoms with E-state index in [4.69, 9.17) is 4.98 Å². The molecule has 5 rings (SSSR count). The fourth-order valence-electron chi connectivity index (χ4n) is 4.56. The summed E-state index contributed by atoms with van der Waals surface area (Å²) in [6.45, 7) is 9.23. The van der Waals surface area contributed by atoms with E-state index in [1.807, 2.05) is 24.4 Å². The van der Waals surface area contributed by atoms with Crippen molar-refractivity contribution in [3.63, 3.8) is 0 Å². The van der Waals surface area contributed by atoms with Crippen LogP contribution in [0.2, 0.25) is 0 Å². The lowest BCUT2D eigenvalue weighted by molar-refractivity contribution is 0.0996. The lowest BCUT2D eigenvalue weighted by Gasteiger charge is -2.32. The second-order valence-corrected chi connectivity index (χ2v) is 9.04. The molecular formula is C25H29N5O. The lowest BCUT2D eigenvalue weighted by atomic mass is 9.98. The molecule has 1 saturated heterocycles. The van der Waals surface area contributed by atoms with Gasteiger partial charge in [0.15, 0.2) is 5.82 Å². The van der Waals surface area contributed by atoms with Gasteiger partial charge in [-0.2, -0.15) is 0 Å². The van der Waals surface area contributed by atoms with Crippen molar-refractivity contribution < 1.29 is 4.79 Å². The maximum atomic E-state index is 13.3. The van der Waals surface area contributed by atoms with Crippen LogP contribution >= 0.6 is 0 Å². The van der Waals surface area contributed by atoms with Crippen molar-refractivity contribution in [3.05, 3.63) is 59.9 Å². The standard InChI is InChI=1S/C25H29N5O/c1-17(2)29-14-11-26-24(29)22-5-4-6-23(27-22)30-16-19-7-8-20(15-21(19)25(30)31)28-12-9-18(3)10-13-28/h4-8,11,14-15,17-18H,9-10,12-13,16H2,1-3H3. The molecule has 160 valence electrons. The zero-order valence-electron chi connectivity index (χ0n) is 18.5. The number of nitrogens with zero attached hydrogens (tertiary/aromatic N) is 5. The largest absolute Gasteiger partial charge is 0.371 e. The molecular weight excluding hydrogens is 386 g/mol. The van der Waals surface area contributed by atoms with E-state index in [0.29, 0.717) is 12.4 Å². The van der Waals surface area contributed by atoms with Crippen LogP contribution in [0.1, 0.15) is 55.6 Å². The first-order chi connectivity index (χ1) is 15.0. The van der Waals surface area contributed by atoms with Crippen LogP contribution in [0.3, 0.4) is 0 Å². The van der Waals surface area contributed by atoms with Crippen LogP contribution in [0.5, 0.6) is 0 Å². The number of amides is 1. The van der Waals surface area contributed by atoms with E-state index in [-0.39, 0.29) is 11.9 Å². The zero-order valence-corrected chi connectivity index (χ0v) is 18.5. The van der Waals surface area contributed by atoms with E-state index in [0.717, 1.165) is 47.3 Å². The molecule has 6 nitrogen and oxygen atoms in total. The Hall–Kier alpha value is -3.15. The molecule has 6 heteroatoms. The zero-order chi connectivity index (χ0) is 21.5. The summed E-state index contributed by atoms with van der Waals surface area (Å²) < 4.78 is 2.10. The molecule has 0 unspecified atom stereocenters. The Balaban J connectivity index is 1.42. The fourth-order valence-corrected chi connectivity index (χ4v) is 4.56. The fraction of sp³-hybridized carbons (Fsp3) is 0.400. The first kappa shape index (κ1) is 19.8. The number of imidazole rings is 1. The topological polar surface area (TPSA) is 54.3 Å². The maximum absolute atomic E-state index is 13.3. The first-order valence-corrected chi connectivity index (χ1v) is 11.2. The Morgan fingerprint density at radius 2 is 1.90 bits per heavy atom. The SMILES string of the molecule is CC1CCN(c2ccc3c(c2)C(=O)N(c2cccc(-c4nccn4C(C)C)n2)C3)CC1. The number of hydrogen-bond donors (Lipinski definition) is 0. The Labute approximate surface area is 183 Å². The molecule has 0 aliphatic carbocycles. The third kappa shape index (κ3) is 3.60. The second kappa shape index (κ2) is 7.84. The van der Waals surface area contributed by atoms with Crippen molar-refractivity contribution in [2.45, 2.75) is 46.2 Å². The Bertz CT molecular complexity index is 1110. The van der Waals surface area contributed by atoms with Crippen molar-refractivity contribution in [2.75, 3.05) is 22.9 Å². The number of piperidine rings is 1. The summed E-state index contributed by atoms with van der Waals surface area (Å²) in [6.07, 6.45) is 6.18. The molecule has 1 fully saturated rings. The highest BCUT2D eigenvalue weighted by atomic mass is 16.2. The van der Waals surface area contributed by atoms with Crippen molar-refractivity contribution >= 4 is 17.4 Å². The van der Waals surface area contributed by atoms with Crippen LogP contribution in [0, 0.1) is 5.92 Å². The Kier molecular flexibility index (Phi) is 5.00. The third-order valence-corrected chi connectivity index (χ3v) is 6.51. The third-order valence-electron chi connectivity index (χ3n) is 6.51. The molecule has 2 aliphatic rings. The highest BCUT2D eigenvalue weighted by Crippen LogP contribution is 2.32. The predicted octanol–water partition coefficient (Wildman–Crippen LogP) is 4.92. The molecule has 0 atom stereocenters. The first-order valence-electron chi connectivity index (χ1n) is 11.2. The number of hydrogen-bond acceptors (Lipinski definition) is 4. The van der Waals surface area contributed by atoms with Crippen molar-refractivity contribution in [1.82, 2.24) is 14.5 Å². The number of anilines is 2. The molecule has 4 heterocycles. The number of aromatic nitrogens is 3. The number of pyridine rings is 1. The minimum Gasteiger partial charge on any atom is -0.371 e. The van der Waals surface area contributed by atoms with Gasteiger partial charge in [0.25, 0.3) is 5.91 Å². The minimum absolute atomic E-state index is 0.0269. The van der Waals surface area contributed by atoms with Gasteiger partial charge in [0, 0.05) is 42.8 Å². The van der Waals surface area contributed by atoms with E-state index in [2.05, 4.69) is 53.4 Å². The van der Waals surface area contributed by atoms with Crippen molar-refractivity contribution in [3.8, 4) is 11.5 Å². The maximum Gasteiger partial charge on any atom is 0.260 e. The second-order valence-electron chi connectivity index (χ2n) is 9.04. The molecule has 3 aromatic rings. The van der Waals surface area contributed by atoms with E-state index in [9.17, 15) is 4.79 Å². The van der Waals surface area contributed by atoms with E-state index in [1.165, 1.54) is 12.8 Å². The summed E-state index contributed by atoms with van der Waals surface area (Å²) in [6, 6.07) is 12.4. The summed E-state index contributed by atoms with van der Waals surface area (Å²) in [5.74, 6) is 2.31. The molecule has 2 aromatic heterocycles. The van der Waals surface area contributed by atoms with Gasteiger partial charge in [0.2, 0.25) is 0 Å². The van der Waals surface area contributed by atoms with Crippen molar-refractivity contribution in [1.29, 1.82) is 0 Å². The molecule has 1 amide bonds. The molecule has 2 aliphatic heterocycles. The van der Waals surface area contributed by atoms with Gasteiger partial charge in [-0.3, -0.25) is 9.69 Å². The van der Waals surface area contributed by atoms with Gasteiger partial charge in [-0.05, 0) is 62.4 Å². The smallest absolute Gasteiger partial charge is 0.260 e. The van der Waals surface area contributed by atoms with E-state index in [1.54, 1.807) is 11.1 Å². The lowest BCUT2D eigenvalue weighted by Crippen LogP contribution is -2.32.